The topological polar surface area (TPSA) is 119 Å². The van der Waals surface area contributed by atoms with Gasteiger partial charge >= 0.3 is 5.97 Å². The summed E-state index contributed by atoms with van der Waals surface area (Å²) in [6.07, 6.45) is 1.33. The summed E-state index contributed by atoms with van der Waals surface area (Å²) in [6, 6.07) is 5.72. The molecule has 7 heteroatoms. The highest BCUT2D eigenvalue weighted by molar-refractivity contribution is 6.33. The molecule has 0 spiro atoms. The molecule has 20 heavy (non-hydrogen) atoms. The molecule has 5 N–H and O–H groups in total. The van der Waals surface area contributed by atoms with Gasteiger partial charge in [-0.15, -0.1) is 0 Å². The number of rotatable bonds is 3. The van der Waals surface area contributed by atoms with E-state index < -0.39 is 11.9 Å². The first-order chi connectivity index (χ1) is 9.40. The lowest BCUT2D eigenvalue weighted by Gasteiger charge is -2.08. The first kappa shape index (κ1) is 13.8. The molecule has 0 aliphatic heterocycles. The van der Waals surface area contributed by atoms with Gasteiger partial charge in [-0.2, -0.15) is 0 Å². The van der Waals surface area contributed by atoms with Crippen LogP contribution in [0.25, 0.3) is 11.1 Å². The third-order valence-electron chi connectivity index (χ3n) is 2.70. The minimum absolute atomic E-state index is 0.0183. The second kappa shape index (κ2) is 5.18. The molecule has 6 nitrogen and oxygen atoms in total. The molecule has 102 valence electrons. The van der Waals surface area contributed by atoms with E-state index in [1.807, 2.05) is 0 Å². The van der Waals surface area contributed by atoms with Gasteiger partial charge in [0.05, 0.1) is 16.1 Å². The highest BCUT2D eigenvalue weighted by Gasteiger charge is 2.15. The van der Waals surface area contributed by atoms with Crippen molar-refractivity contribution in [2.45, 2.75) is 0 Å². The number of carboxylic acids is 1. The van der Waals surface area contributed by atoms with Gasteiger partial charge in [0.15, 0.2) is 0 Å². The zero-order valence-corrected chi connectivity index (χ0v) is 10.9. The average molecular weight is 292 g/mol. The van der Waals surface area contributed by atoms with Gasteiger partial charge in [0.25, 0.3) is 0 Å². The van der Waals surface area contributed by atoms with Crippen LogP contribution in [0.1, 0.15) is 20.7 Å². The number of primary amides is 1. The van der Waals surface area contributed by atoms with Crippen molar-refractivity contribution < 1.29 is 14.7 Å². The number of hydrogen-bond donors (Lipinski definition) is 3. The van der Waals surface area contributed by atoms with Gasteiger partial charge in [-0.3, -0.25) is 4.79 Å². The van der Waals surface area contributed by atoms with Crippen LogP contribution in [0.15, 0.2) is 30.5 Å². The van der Waals surface area contributed by atoms with Gasteiger partial charge in [-0.05, 0) is 23.8 Å². The molecule has 1 aromatic carbocycles. The summed E-state index contributed by atoms with van der Waals surface area (Å²) in [4.78, 5) is 26.4. The van der Waals surface area contributed by atoms with E-state index in [-0.39, 0.29) is 22.0 Å². The summed E-state index contributed by atoms with van der Waals surface area (Å²) in [7, 11) is 0. The standard InChI is InChI=1S/C13H10ClN3O3/c14-10-2-1-6(3-8(10)12(16)18)9-5-17-11(15)4-7(9)13(19)20/h1-5H,(H2,15,17)(H2,16,18)(H,19,20). The van der Waals surface area contributed by atoms with Crippen LogP contribution in [0.3, 0.4) is 0 Å². The number of nitrogen functional groups attached to an aromatic ring is 1. The molecule has 2 aromatic rings. The summed E-state index contributed by atoms with van der Waals surface area (Å²) < 4.78 is 0. The summed E-state index contributed by atoms with van der Waals surface area (Å²) >= 11 is 5.85. The van der Waals surface area contributed by atoms with Crippen LogP contribution in [0.2, 0.25) is 5.02 Å². The molecule has 0 saturated carbocycles. The molecule has 0 atom stereocenters. The number of aromatic nitrogens is 1. The number of pyridine rings is 1. The number of aromatic carboxylic acids is 1. The summed E-state index contributed by atoms with van der Waals surface area (Å²) in [5.41, 5.74) is 11.6. The zero-order valence-electron chi connectivity index (χ0n) is 10.1. The number of halogens is 1. The lowest BCUT2D eigenvalue weighted by Crippen LogP contribution is -2.12. The largest absolute Gasteiger partial charge is 0.478 e. The molecule has 2 rings (SSSR count). The van der Waals surface area contributed by atoms with Gasteiger partial charge in [-0.1, -0.05) is 17.7 Å². The number of nitrogens with zero attached hydrogens (tertiary/aromatic N) is 1. The Balaban J connectivity index is 2.66. The van der Waals surface area contributed by atoms with Crippen molar-refractivity contribution in [3.05, 3.63) is 46.6 Å². The van der Waals surface area contributed by atoms with E-state index in [2.05, 4.69) is 4.98 Å². The average Bonchev–Trinajstić information content (AvgIpc) is 2.39. The van der Waals surface area contributed by atoms with Crippen molar-refractivity contribution in [2.24, 2.45) is 5.73 Å². The number of hydrogen-bond acceptors (Lipinski definition) is 4. The van der Waals surface area contributed by atoms with Crippen LogP contribution in [0, 0.1) is 0 Å². The Morgan fingerprint density at radius 1 is 1.20 bits per heavy atom. The zero-order chi connectivity index (χ0) is 14.9. The number of carbonyl (C=O) groups excluding carboxylic acids is 1. The van der Waals surface area contributed by atoms with Crippen LogP contribution in [-0.2, 0) is 0 Å². The van der Waals surface area contributed by atoms with Crippen LogP contribution >= 0.6 is 11.6 Å². The Hall–Kier alpha value is -2.60. The second-order valence-corrected chi connectivity index (χ2v) is 4.43. The summed E-state index contributed by atoms with van der Waals surface area (Å²) in [5, 5.41) is 9.38. The Labute approximate surface area is 119 Å². The number of carbonyl (C=O) groups is 2. The second-order valence-electron chi connectivity index (χ2n) is 4.02. The number of anilines is 1. The van der Waals surface area contributed by atoms with Gasteiger partial charge in [0.1, 0.15) is 5.82 Å². The number of nitrogens with two attached hydrogens (primary N) is 2. The normalized spacial score (nSPS) is 10.2. The first-order valence-corrected chi connectivity index (χ1v) is 5.86. The Morgan fingerprint density at radius 2 is 1.90 bits per heavy atom. The SMILES string of the molecule is NC(=O)c1cc(-c2cnc(N)cc2C(=O)O)ccc1Cl. The molecule has 0 bridgehead atoms. The van der Waals surface area contributed by atoms with Crippen LogP contribution in [0.5, 0.6) is 0 Å². The third-order valence-corrected chi connectivity index (χ3v) is 3.03. The van der Waals surface area contributed by atoms with Crippen molar-refractivity contribution >= 4 is 29.3 Å². The van der Waals surface area contributed by atoms with Gasteiger partial charge in [0.2, 0.25) is 5.91 Å². The molecule has 0 radical (unpaired) electrons. The van der Waals surface area contributed by atoms with Crippen LogP contribution < -0.4 is 11.5 Å². The van der Waals surface area contributed by atoms with E-state index in [4.69, 9.17) is 23.1 Å². The molecular formula is C13H10ClN3O3. The van der Waals surface area contributed by atoms with E-state index in [9.17, 15) is 14.7 Å². The molecule has 1 aromatic heterocycles. The monoisotopic (exact) mass is 291 g/mol. The lowest BCUT2D eigenvalue weighted by atomic mass is 9.99. The maximum atomic E-state index is 11.3. The minimum Gasteiger partial charge on any atom is -0.478 e. The van der Waals surface area contributed by atoms with E-state index in [1.165, 1.54) is 24.4 Å². The van der Waals surface area contributed by atoms with Crippen LogP contribution in [0.4, 0.5) is 5.82 Å². The molecule has 0 unspecified atom stereocenters. The maximum Gasteiger partial charge on any atom is 0.336 e. The van der Waals surface area contributed by atoms with Crippen LogP contribution in [-0.4, -0.2) is 22.0 Å². The van der Waals surface area contributed by atoms with E-state index in [0.717, 1.165) is 0 Å². The number of amides is 1. The Bertz CT molecular complexity index is 716. The fourth-order valence-corrected chi connectivity index (χ4v) is 1.97. The third kappa shape index (κ3) is 2.55. The predicted molar refractivity (Wildman–Crippen MR) is 74.6 cm³/mol. The van der Waals surface area contributed by atoms with Crippen molar-refractivity contribution in [1.82, 2.24) is 4.98 Å². The van der Waals surface area contributed by atoms with E-state index in [0.29, 0.717) is 11.1 Å². The Kier molecular flexibility index (Phi) is 3.58. The van der Waals surface area contributed by atoms with Crippen molar-refractivity contribution in [2.75, 3.05) is 5.73 Å². The van der Waals surface area contributed by atoms with Gasteiger partial charge in [-0.25, -0.2) is 9.78 Å². The Morgan fingerprint density at radius 3 is 2.50 bits per heavy atom. The first-order valence-electron chi connectivity index (χ1n) is 5.48. The quantitative estimate of drug-likeness (QED) is 0.796. The van der Waals surface area contributed by atoms with E-state index in [1.54, 1.807) is 6.07 Å². The molecule has 1 heterocycles. The maximum absolute atomic E-state index is 11.3. The minimum atomic E-state index is -1.15. The highest BCUT2D eigenvalue weighted by Crippen LogP contribution is 2.28. The van der Waals surface area contributed by atoms with Crippen molar-refractivity contribution in [3.8, 4) is 11.1 Å². The van der Waals surface area contributed by atoms with Gasteiger partial charge in [0, 0.05) is 11.8 Å². The lowest BCUT2D eigenvalue weighted by molar-refractivity contribution is 0.0697. The van der Waals surface area contributed by atoms with Crippen molar-refractivity contribution in [1.29, 1.82) is 0 Å². The highest BCUT2D eigenvalue weighted by atomic mass is 35.5. The molecule has 0 aliphatic rings. The molecule has 0 fully saturated rings. The summed E-state index contributed by atoms with van der Waals surface area (Å²) in [5.74, 6) is -1.75. The van der Waals surface area contributed by atoms with Gasteiger partial charge < -0.3 is 16.6 Å². The van der Waals surface area contributed by atoms with Crippen molar-refractivity contribution in [3.63, 3.8) is 0 Å². The van der Waals surface area contributed by atoms with E-state index >= 15 is 0 Å². The molecule has 0 saturated heterocycles. The number of benzene rings is 1. The molecule has 1 amide bonds. The number of carboxylic acid groups (broad SMARTS) is 1. The summed E-state index contributed by atoms with van der Waals surface area (Å²) in [6.45, 7) is 0. The predicted octanol–water partition coefficient (Wildman–Crippen LogP) is 1.78. The smallest absolute Gasteiger partial charge is 0.336 e. The fourth-order valence-electron chi connectivity index (χ4n) is 1.76. The fraction of sp³-hybridized carbons (Fsp3) is 0. The molecule has 0 aliphatic carbocycles. The molecular weight excluding hydrogens is 282 g/mol.